The van der Waals surface area contributed by atoms with Gasteiger partial charge in [0.1, 0.15) is 10.4 Å². The molecule has 2 N–H and O–H groups in total. The number of rotatable bonds is 3. The highest BCUT2D eigenvalue weighted by atomic mass is 79.9. The van der Waals surface area contributed by atoms with Crippen LogP contribution in [0.1, 0.15) is 49.5 Å². The van der Waals surface area contributed by atoms with Gasteiger partial charge in [0.2, 0.25) is 5.78 Å². The van der Waals surface area contributed by atoms with Crippen molar-refractivity contribution < 1.29 is 0 Å². The van der Waals surface area contributed by atoms with Crippen molar-refractivity contribution in [2.45, 2.75) is 44.4 Å². The van der Waals surface area contributed by atoms with Crippen molar-refractivity contribution in [3.63, 3.8) is 0 Å². The summed E-state index contributed by atoms with van der Waals surface area (Å²) in [6, 6.07) is 0. The Morgan fingerprint density at radius 3 is 2.68 bits per heavy atom. The molecule has 2 aromatic heterocycles. The predicted octanol–water partition coefficient (Wildman–Crippen LogP) is 2.38. The van der Waals surface area contributed by atoms with Gasteiger partial charge < -0.3 is 5.73 Å². The molecule has 0 atom stereocenters. The maximum atomic E-state index is 5.61. The van der Waals surface area contributed by atoms with Gasteiger partial charge in [0, 0.05) is 19.4 Å². The largest absolute Gasteiger partial charge is 0.330 e. The molecule has 0 aliphatic heterocycles. The van der Waals surface area contributed by atoms with Crippen molar-refractivity contribution in [1.29, 1.82) is 0 Å². The molecule has 2 aromatic rings. The van der Waals surface area contributed by atoms with Crippen molar-refractivity contribution in [3.05, 3.63) is 16.1 Å². The molecule has 1 aliphatic rings. The Bertz CT molecular complexity index is 579. The summed E-state index contributed by atoms with van der Waals surface area (Å²) in [5.74, 6) is 2.67. The van der Waals surface area contributed by atoms with E-state index in [-0.39, 0.29) is 0 Å². The van der Waals surface area contributed by atoms with Crippen molar-refractivity contribution in [1.82, 2.24) is 19.2 Å². The van der Waals surface area contributed by atoms with Crippen LogP contribution in [0.5, 0.6) is 0 Å². The summed E-state index contributed by atoms with van der Waals surface area (Å²) >= 11 is 3.59. The molecule has 19 heavy (non-hydrogen) atoms. The fourth-order valence-electron chi connectivity index (χ4n) is 3.01. The van der Waals surface area contributed by atoms with Gasteiger partial charge in [0.15, 0.2) is 0 Å². The fraction of sp³-hybridized carbons (Fsp3) is 0.692. The monoisotopic (exact) mass is 325 g/mol. The van der Waals surface area contributed by atoms with Crippen LogP contribution in [0.25, 0.3) is 5.78 Å². The first-order valence-electron chi connectivity index (χ1n) is 7.02. The van der Waals surface area contributed by atoms with Crippen LogP contribution in [-0.4, -0.2) is 25.7 Å². The van der Waals surface area contributed by atoms with Gasteiger partial charge in [-0.25, -0.2) is 4.98 Å². The number of aromatic nitrogens is 4. The van der Waals surface area contributed by atoms with Crippen molar-refractivity contribution in [2.24, 2.45) is 12.8 Å². The van der Waals surface area contributed by atoms with E-state index in [0.717, 1.165) is 22.5 Å². The lowest BCUT2D eigenvalue weighted by molar-refractivity contribution is 0.420. The second-order valence-electron chi connectivity index (χ2n) is 5.35. The smallest absolute Gasteiger partial charge is 0.233 e. The van der Waals surface area contributed by atoms with E-state index in [1.165, 1.54) is 37.9 Å². The van der Waals surface area contributed by atoms with Crippen LogP contribution in [0.4, 0.5) is 0 Å². The topological polar surface area (TPSA) is 61.1 Å². The highest BCUT2D eigenvalue weighted by molar-refractivity contribution is 9.10. The molecule has 5 nitrogen and oxygen atoms in total. The number of halogens is 1. The molecule has 1 fully saturated rings. The minimum atomic E-state index is 0.588. The molecule has 3 rings (SSSR count). The Balaban J connectivity index is 2.01. The summed E-state index contributed by atoms with van der Waals surface area (Å²) in [5, 5.41) is 4.77. The molecule has 104 valence electrons. The molecule has 0 amide bonds. The normalized spacial score (nSPS) is 17.4. The van der Waals surface area contributed by atoms with Gasteiger partial charge in [0.05, 0.1) is 5.69 Å². The third-order valence-electron chi connectivity index (χ3n) is 4.05. The first-order chi connectivity index (χ1) is 9.22. The van der Waals surface area contributed by atoms with Gasteiger partial charge in [-0.1, -0.05) is 19.3 Å². The van der Waals surface area contributed by atoms with Crippen molar-refractivity contribution >= 4 is 21.7 Å². The number of hydrogen-bond acceptors (Lipinski definition) is 3. The Labute approximate surface area is 121 Å². The van der Waals surface area contributed by atoms with Crippen molar-refractivity contribution in [2.75, 3.05) is 6.54 Å². The maximum Gasteiger partial charge on any atom is 0.233 e. The van der Waals surface area contributed by atoms with E-state index >= 15 is 0 Å². The molecule has 1 aliphatic carbocycles. The number of nitrogens with two attached hydrogens (primary N) is 1. The molecule has 1 saturated carbocycles. The van der Waals surface area contributed by atoms with Gasteiger partial charge in [-0.15, -0.1) is 0 Å². The zero-order chi connectivity index (χ0) is 13.4. The van der Waals surface area contributed by atoms with Crippen LogP contribution in [0.15, 0.2) is 4.60 Å². The Hall–Kier alpha value is -0.880. The lowest BCUT2D eigenvalue weighted by Crippen LogP contribution is -2.11. The highest BCUT2D eigenvalue weighted by Crippen LogP contribution is 2.32. The second kappa shape index (κ2) is 5.25. The molecular weight excluding hydrogens is 306 g/mol. The summed E-state index contributed by atoms with van der Waals surface area (Å²) in [6.07, 6.45) is 7.28. The summed E-state index contributed by atoms with van der Waals surface area (Å²) in [7, 11) is 2.07. The average molecular weight is 326 g/mol. The molecule has 0 aromatic carbocycles. The van der Waals surface area contributed by atoms with E-state index in [2.05, 4.69) is 32.5 Å². The summed E-state index contributed by atoms with van der Waals surface area (Å²) in [6.45, 7) is 0.609. The number of fused-ring (bicyclic) bond motifs is 1. The quantitative estimate of drug-likeness (QED) is 0.942. The first-order valence-corrected chi connectivity index (χ1v) is 7.81. The number of imidazole rings is 1. The number of nitrogens with zero attached hydrogens (tertiary/aromatic N) is 4. The zero-order valence-corrected chi connectivity index (χ0v) is 12.9. The maximum absolute atomic E-state index is 5.61. The molecule has 0 bridgehead atoms. The zero-order valence-electron chi connectivity index (χ0n) is 11.3. The average Bonchev–Trinajstić information content (AvgIpc) is 2.91. The van der Waals surface area contributed by atoms with Crippen molar-refractivity contribution in [3.8, 4) is 0 Å². The minimum absolute atomic E-state index is 0.588. The van der Waals surface area contributed by atoms with Gasteiger partial charge in [-0.05, 0) is 35.3 Å². The lowest BCUT2D eigenvalue weighted by Gasteiger charge is -2.20. The second-order valence-corrected chi connectivity index (χ2v) is 6.10. The minimum Gasteiger partial charge on any atom is -0.330 e. The van der Waals surface area contributed by atoms with Gasteiger partial charge in [-0.3, -0.25) is 4.57 Å². The molecule has 6 heteroatoms. The third-order valence-corrected chi connectivity index (χ3v) is 4.84. The van der Waals surface area contributed by atoms with Crippen LogP contribution in [0.2, 0.25) is 0 Å². The van der Waals surface area contributed by atoms with Crippen LogP contribution in [0, 0.1) is 0 Å². The molecule has 2 heterocycles. The Kier molecular flexibility index (Phi) is 3.62. The summed E-state index contributed by atoms with van der Waals surface area (Å²) in [5.41, 5.74) is 6.60. The van der Waals surface area contributed by atoms with Gasteiger partial charge in [-0.2, -0.15) is 9.61 Å². The van der Waals surface area contributed by atoms with E-state index in [1.807, 2.05) is 4.52 Å². The fourth-order valence-corrected chi connectivity index (χ4v) is 3.54. The first kappa shape index (κ1) is 13.1. The number of aryl methyl sites for hydroxylation is 1. The standard InChI is InChI=1S/C13H20BrN5/c1-18-12(9-5-3-2-4-6-9)17-19-11(14)10(7-8-15)16-13(18)19/h9H,2-8,15H2,1H3. The van der Waals surface area contributed by atoms with E-state index in [0.29, 0.717) is 12.5 Å². The Morgan fingerprint density at radius 2 is 2.05 bits per heavy atom. The van der Waals surface area contributed by atoms with Crippen LogP contribution < -0.4 is 5.73 Å². The molecule has 0 radical (unpaired) electrons. The molecule has 0 unspecified atom stereocenters. The van der Waals surface area contributed by atoms with Gasteiger partial charge >= 0.3 is 0 Å². The van der Waals surface area contributed by atoms with Crippen LogP contribution in [0.3, 0.4) is 0 Å². The number of hydrogen-bond donors (Lipinski definition) is 1. The molecule has 0 saturated heterocycles. The highest BCUT2D eigenvalue weighted by Gasteiger charge is 2.23. The van der Waals surface area contributed by atoms with E-state index in [9.17, 15) is 0 Å². The lowest BCUT2D eigenvalue weighted by atomic mass is 9.89. The van der Waals surface area contributed by atoms with E-state index in [1.54, 1.807) is 0 Å². The van der Waals surface area contributed by atoms with Crippen LogP contribution >= 0.6 is 15.9 Å². The molecular formula is C13H20BrN5. The van der Waals surface area contributed by atoms with Crippen LogP contribution in [-0.2, 0) is 13.5 Å². The van der Waals surface area contributed by atoms with E-state index in [4.69, 9.17) is 10.8 Å². The molecule has 0 spiro atoms. The summed E-state index contributed by atoms with van der Waals surface area (Å²) in [4.78, 5) is 4.65. The Morgan fingerprint density at radius 1 is 1.32 bits per heavy atom. The SMILES string of the molecule is Cn1c(C2CCCCC2)nn2c(Br)c(CCN)nc12. The predicted molar refractivity (Wildman–Crippen MR) is 78.2 cm³/mol. The summed E-state index contributed by atoms with van der Waals surface area (Å²) < 4.78 is 5.00. The van der Waals surface area contributed by atoms with Gasteiger partial charge in [0.25, 0.3) is 0 Å². The third kappa shape index (κ3) is 2.21. The van der Waals surface area contributed by atoms with E-state index < -0.39 is 0 Å².